The predicted octanol–water partition coefficient (Wildman–Crippen LogP) is 4.30. The van der Waals surface area contributed by atoms with E-state index in [1.807, 2.05) is 57.2 Å². The average Bonchev–Trinajstić information content (AvgIpc) is 2.61. The minimum absolute atomic E-state index is 0.0914. The van der Waals surface area contributed by atoms with Gasteiger partial charge in [-0.1, -0.05) is 29.8 Å². The van der Waals surface area contributed by atoms with Crippen LogP contribution in [0.25, 0.3) is 0 Å². The Hall–Kier alpha value is -2.49. The molecule has 1 amide bonds. The number of carbonyl (C=O) groups excluding carboxylic acids is 1. The Morgan fingerprint density at radius 1 is 0.923 bits per heavy atom. The second kappa shape index (κ2) is 9.85. The van der Waals surface area contributed by atoms with E-state index < -0.39 is 6.10 Å². The van der Waals surface area contributed by atoms with Gasteiger partial charge in [-0.15, -0.1) is 0 Å². The molecule has 0 saturated heterocycles. The van der Waals surface area contributed by atoms with E-state index in [9.17, 15) is 4.79 Å². The van der Waals surface area contributed by atoms with Crippen LogP contribution in [-0.2, 0) is 11.2 Å². The van der Waals surface area contributed by atoms with Crippen LogP contribution in [-0.4, -0.2) is 24.7 Å². The topological polar surface area (TPSA) is 47.6 Å². The largest absolute Gasteiger partial charge is 0.491 e. The minimum atomic E-state index is -0.509. The Labute approximate surface area is 156 Å². The highest BCUT2D eigenvalue weighted by Crippen LogP contribution is 2.15. The van der Waals surface area contributed by atoms with Crippen molar-refractivity contribution in [2.45, 2.75) is 52.7 Å². The number of nitrogens with one attached hydrogen (secondary N) is 1. The summed E-state index contributed by atoms with van der Waals surface area (Å²) in [5.74, 6) is 1.51. The molecule has 4 nitrogen and oxygen atoms in total. The van der Waals surface area contributed by atoms with Gasteiger partial charge < -0.3 is 14.8 Å². The van der Waals surface area contributed by atoms with Gasteiger partial charge in [0.25, 0.3) is 5.91 Å². The number of amides is 1. The summed E-state index contributed by atoms with van der Waals surface area (Å²) in [6.07, 6.45) is 1.47. The van der Waals surface area contributed by atoms with Gasteiger partial charge in [0.05, 0.1) is 6.10 Å². The van der Waals surface area contributed by atoms with Crippen LogP contribution in [0.15, 0.2) is 48.5 Å². The van der Waals surface area contributed by atoms with Crippen molar-refractivity contribution in [3.8, 4) is 11.5 Å². The molecule has 2 rings (SSSR count). The van der Waals surface area contributed by atoms with Crippen LogP contribution in [0.1, 0.15) is 38.3 Å². The van der Waals surface area contributed by atoms with E-state index in [1.54, 1.807) is 6.92 Å². The minimum Gasteiger partial charge on any atom is -0.491 e. The SMILES string of the molecule is Cc1ccc(OC(C)C(=O)NCCCc2ccc(OC(C)C)cc2)cc1. The van der Waals surface area contributed by atoms with Crippen LogP contribution in [0.3, 0.4) is 0 Å². The Morgan fingerprint density at radius 2 is 1.50 bits per heavy atom. The summed E-state index contributed by atoms with van der Waals surface area (Å²) >= 11 is 0. The van der Waals surface area contributed by atoms with E-state index >= 15 is 0 Å². The van der Waals surface area contributed by atoms with Gasteiger partial charge in [-0.3, -0.25) is 4.79 Å². The van der Waals surface area contributed by atoms with Gasteiger partial charge in [-0.25, -0.2) is 0 Å². The van der Waals surface area contributed by atoms with Crippen LogP contribution in [0.2, 0.25) is 0 Å². The van der Waals surface area contributed by atoms with Crippen molar-refractivity contribution in [1.29, 1.82) is 0 Å². The first-order valence-electron chi connectivity index (χ1n) is 9.20. The monoisotopic (exact) mass is 355 g/mol. The molecular formula is C22H29NO3. The van der Waals surface area contributed by atoms with E-state index in [4.69, 9.17) is 9.47 Å². The van der Waals surface area contributed by atoms with Crippen molar-refractivity contribution < 1.29 is 14.3 Å². The summed E-state index contributed by atoms with van der Waals surface area (Å²) in [6.45, 7) is 8.44. The fraction of sp³-hybridized carbons (Fsp3) is 0.409. The van der Waals surface area contributed by atoms with Gasteiger partial charge in [0.1, 0.15) is 11.5 Å². The number of aryl methyl sites for hydroxylation is 2. The van der Waals surface area contributed by atoms with Crippen LogP contribution < -0.4 is 14.8 Å². The predicted molar refractivity (Wildman–Crippen MR) is 105 cm³/mol. The van der Waals surface area contributed by atoms with Crippen molar-refractivity contribution >= 4 is 5.91 Å². The highest BCUT2D eigenvalue weighted by Gasteiger charge is 2.13. The van der Waals surface area contributed by atoms with Crippen LogP contribution >= 0.6 is 0 Å². The second-order valence-electron chi connectivity index (χ2n) is 6.78. The molecule has 4 heteroatoms. The summed E-state index contributed by atoms with van der Waals surface area (Å²) in [5, 5.41) is 2.93. The molecule has 0 saturated carbocycles. The maximum atomic E-state index is 12.1. The third-order valence-electron chi connectivity index (χ3n) is 3.94. The van der Waals surface area contributed by atoms with E-state index in [0.29, 0.717) is 12.3 Å². The molecule has 0 aliphatic heterocycles. The summed E-state index contributed by atoms with van der Waals surface area (Å²) in [4.78, 5) is 12.1. The molecular weight excluding hydrogens is 326 g/mol. The van der Waals surface area contributed by atoms with Crippen LogP contribution in [0.4, 0.5) is 0 Å². The van der Waals surface area contributed by atoms with Crippen molar-refractivity contribution in [1.82, 2.24) is 5.32 Å². The Bertz CT molecular complexity index is 678. The molecule has 140 valence electrons. The first-order valence-corrected chi connectivity index (χ1v) is 9.20. The number of hydrogen-bond donors (Lipinski definition) is 1. The quantitative estimate of drug-likeness (QED) is 0.682. The number of benzene rings is 2. The molecule has 0 radical (unpaired) electrons. The summed E-state index contributed by atoms with van der Waals surface area (Å²) in [5.41, 5.74) is 2.40. The number of carbonyl (C=O) groups is 1. The van der Waals surface area contributed by atoms with Gasteiger partial charge >= 0.3 is 0 Å². The Morgan fingerprint density at radius 3 is 2.12 bits per heavy atom. The zero-order valence-corrected chi connectivity index (χ0v) is 16.1. The zero-order chi connectivity index (χ0) is 18.9. The average molecular weight is 355 g/mol. The van der Waals surface area contributed by atoms with Crippen LogP contribution in [0, 0.1) is 6.92 Å². The van der Waals surface area contributed by atoms with E-state index in [1.165, 1.54) is 11.1 Å². The van der Waals surface area contributed by atoms with Crippen molar-refractivity contribution in [3.63, 3.8) is 0 Å². The molecule has 2 aromatic rings. The highest BCUT2D eigenvalue weighted by atomic mass is 16.5. The molecule has 1 atom stereocenters. The van der Waals surface area contributed by atoms with E-state index in [2.05, 4.69) is 17.4 Å². The highest BCUT2D eigenvalue weighted by molar-refractivity contribution is 5.80. The summed E-state index contributed by atoms with van der Waals surface area (Å²) < 4.78 is 11.3. The molecule has 1 N–H and O–H groups in total. The Balaban J connectivity index is 1.68. The maximum Gasteiger partial charge on any atom is 0.260 e. The van der Waals surface area contributed by atoms with Gasteiger partial charge in [0.15, 0.2) is 6.10 Å². The first-order chi connectivity index (χ1) is 12.4. The lowest BCUT2D eigenvalue weighted by atomic mass is 10.1. The molecule has 0 aliphatic carbocycles. The molecule has 0 spiro atoms. The summed E-state index contributed by atoms with van der Waals surface area (Å²) in [6, 6.07) is 15.8. The van der Waals surface area contributed by atoms with E-state index in [0.717, 1.165) is 18.6 Å². The molecule has 1 unspecified atom stereocenters. The smallest absolute Gasteiger partial charge is 0.260 e. The molecule has 26 heavy (non-hydrogen) atoms. The first kappa shape index (κ1) is 19.8. The fourth-order valence-electron chi connectivity index (χ4n) is 2.53. The normalized spacial score (nSPS) is 11.9. The molecule has 0 aliphatic rings. The third kappa shape index (κ3) is 6.79. The van der Waals surface area contributed by atoms with E-state index in [-0.39, 0.29) is 12.0 Å². The molecule has 2 aromatic carbocycles. The molecule has 0 bridgehead atoms. The van der Waals surface area contributed by atoms with Gasteiger partial charge in [-0.05, 0) is 70.4 Å². The lowest BCUT2D eigenvalue weighted by molar-refractivity contribution is -0.127. The number of ether oxygens (including phenoxy) is 2. The van der Waals surface area contributed by atoms with Gasteiger partial charge in [0, 0.05) is 6.54 Å². The number of rotatable bonds is 9. The Kier molecular flexibility index (Phi) is 7.52. The molecule has 0 aromatic heterocycles. The number of hydrogen-bond acceptors (Lipinski definition) is 3. The summed E-state index contributed by atoms with van der Waals surface area (Å²) in [7, 11) is 0. The standard InChI is InChI=1S/C22H29NO3/c1-16(2)25-20-13-9-19(10-14-20)6-5-15-23-22(24)18(4)26-21-11-7-17(3)8-12-21/h7-14,16,18H,5-6,15H2,1-4H3,(H,23,24). The molecule has 0 fully saturated rings. The van der Waals surface area contributed by atoms with Crippen LogP contribution in [0.5, 0.6) is 11.5 Å². The lowest BCUT2D eigenvalue weighted by Crippen LogP contribution is -2.36. The van der Waals surface area contributed by atoms with Crippen molar-refractivity contribution in [2.75, 3.05) is 6.54 Å². The fourth-order valence-corrected chi connectivity index (χ4v) is 2.53. The maximum absolute atomic E-state index is 12.1. The third-order valence-corrected chi connectivity index (χ3v) is 3.94. The van der Waals surface area contributed by atoms with Crippen molar-refractivity contribution in [3.05, 3.63) is 59.7 Å². The lowest BCUT2D eigenvalue weighted by Gasteiger charge is -2.15. The molecule has 0 heterocycles. The second-order valence-corrected chi connectivity index (χ2v) is 6.78. The van der Waals surface area contributed by atoms with Crippen molar-refractivity contribution in [2.24, 2.45) is 0 Å². The van der Waals surface area contributed by atoms with Gasteiger partial charge in [0.2, 0.25) is 0 Å². The zero-order valence-electron chi connectivity index (χ0n) is 16.1. The van der Waals surface area contributed by atoms with Gasteiger partial charge in [-0.2, -0.15) is 0 Å².